The Morgan fingerprint density at radius 1 is 1.16 bits per heavy atom. The number of aromatic carboxylic acids is 1. The maximum atomic E-state index is 10.8. The smallest absolute Gasteiger partial charge is 0.337 e. The van der Waals surface area contributed by atoms with Gasteiger partial charge in [-0.05, 0) is 17.8 Å². The summed E-state index contributed by atoms with van der Waals surface area (Å²) in [6.45, 7) is 0. The monoisotopic (exact) mass is 278 g/mol. The number of nitrogens with two attached hydrogens (primary N) is 3. The van der Waals surface area contributed by atoms with Crippen molar-refractivity contribution < 1.29 is 9.90 Å². The van der Waals surface area contributed by atoms with Crippen LogP contribution in [-0.2, 0) is 0 Å². The van der Waals surface area contributed by atoms with Gasteiger partial charge >= 0.3 is 5.97 Å². The molecule has 0 aliphatic rings. The number of carbonyl (C=O) groups is 1. The molecule has 2 heterocycles. The maximum absolute atomic E-state index is 10.8. The van der Waals surface area contributed by atoms with Gasteiger partial charge in [-0.3, -0.25) is 0 Å². The summed E-state index contributed by atoms with van der Waals surface area (Å²) in [5.74, 6) is -0.633. The number of pyridine rings is 1. The number of rotatable bonds is 3. The highest BCUT2D eigenvalue weighted by Crippen LogP contribution is 2.29. The molecule has 0 aromatic carbocycles. The first-order chi connectivity index (χ1) is 8.95. The van der Waals surface area contributed by atoms with Gasteiger partial charge in [0.05, 0.1) is 11.3 Å². The van der Waals surface area contributed by atoms with E-state index in [1.165, 1.54) is 18.3 Å². The molecule has 2 aromatic heterocycles. The lowest BCUT2D eigenvalue weighted by molar-refractivity contribution is 0.0696. The highest BCUT2D eigenvalue weighted by molar-refractivity contribution is 7.99. The summed E-state index contributed by atoms with van der Waals surface area (Å²) in [5.41, 5.74) is 17.0. The van der Waals surface area contributed by atoms with Gasteiger partial charge in [0, 0.05) is 12.3 Å². The van der Waals surface area contributed by atoms with Crippen LogP contribution in [0.5, 0.6) is 0 Å². The molecule has 0 aliphatic carbocycles. The summed E-state index contributed by atoms with van der Waals surface area (Å²) in [6, 6.07) is 2.74. The molecule has 8 nitrogen and oxygen atoms in total. The molecule has 0 unspecified atom stereocenters. The van der Waals surface area contributed by atoms with Crippen LogP contribution in [0.2, 0.25) is 0 Å². The number of hydrogen-bond acceptors (Lipinski definition) is 8. The van der Waals surface area contributed by atoms with Gasteiger partial charge in [0.25, 0.3) is 0 Å². The maximum Gasteiger partial charge on any atom is 0.337 e. The molecule has 2 rings (SSSR count). The van der Waals surface area contributed by atoms with Crippen molar-refractivity contribution in [3.63, 3.8) is 0 Å². The van der Waals surface area contributed by atoms with Crippen molar-refractivity contribution in [1.82, 2.24) is 15.0 Å². The normalized spacial score (nSPS) is 10.3. The molecule has 7 N–H and O–H groups in total. The van der Waals surface area contributed by atoms with E-state index in [0.29, 0.717) is 10.2 Å². The van der Waals surface area contributed by atoms with Gasteiger partial charge in [-0.25, -0.2) is 19.7 Å². The predicted molar refractivity (Wildman–Crippen MR) is 70.6 cm³/mol. The van der Waals surface area contributed by atoms with Crippen LogP contribution in [0.3, 0.4) is 0 Å². The van der Waals surface area contributed by atoms with Crippen LogP contribution in [0.1, 0.15) is 10.4 Å². The quantitative estimate of drug-likeness (QED) is 0.586. The van der Waals surface area contributed by atoms with E-state index >= 15 is 0 Å². The van der Waals surface area contributed by atoms with Gasteiger partial charge in [0.2, 0.25) is 0 Å². The summed E-state index contributed by atoms with van der Waals surface area (Å²) < 4.78 is 0. The van der Waals surface area contributed by atoms with Gasteiger partial charge in [-0.1, -0.05) is 0 Å². The summed E-state index contributed by atoms with van der Waals surface area (Å²) in [5, 5.41) is 9.48. The Kier molecular flexibility index (Phi) is 3.38. The van der Waals surface area contributed by atoms with Crippen molar-refractivity contribution in [2.24, 2.45) is 0 Å². The molecule has 0 radical (unpaired) electrons. The second-order valence-electron chi connectivity index (χ2n) is 3.53. The molecular formula is C10H10N6O2S. The predicted octanol–water partition coefficient (Wildman–Crippen LogP) is 0.468. The summed E-state index contributed by atoms with van der Waals surface area (Å²) in [7, 11) is 0. The number of carboxylic acids is 1. The third-order valence-electron chi connectivity index (χ3n) is 2.06. The Bertz CT molecular complexity index is 628. The molecule has 9 heteroatoms. The van der Waals surface area contributed by atoms with Crippen molar-refractivity contribution >= 4 is 35.1 Å². The minimum Gasteiger partial charge on any atom is -0.478 e. The number of nitrogen functional groups attached to an aromatic ring is 3. The minimum atomic E-state index is -1.10. The first-order valence-electron chi connectivity index (χ1n) is 5.02. The lowest BCUT2D eigenvalue weighted by Gasteiger charge is -2.05. The Balaban J connectivity index is 2.30. The third kappa shape index (κ3) is 3.01. The molecular weight excluding hydrogens is 268 g/mol. The van der Waals surface area contributed by atoms with Crippen LogP contribution in [-0.4, -0.2) is 26.0 Å². The average Bonchev–Trinajstić information content (AvgIpc) is 2.30. The Labute approximate surface area is 112 Å². The Hall–Kier alpha value is -2.55. The van der Waals surface area contributed by atoms with Crippen molar-refractivity contribution in [3.8, 4) is 0 Å². The van der Waals surface area contributed by atoms with Crippen LogP contribution in [0.4, 0.5) is 17.3 Å². The molecule has 2 aromatic rings. The fourth-order valence-corrected chi connectivity index (χ4v) is 2.02. The molecule has 0 fully saturated rings. The SMILES string of the molecule is Nc1cc(N)nc(Sc2ncc(C(=O)O)cc2N)n1. The van der Waals surface area contributed by atoms with E-state index in [1.54, 1.807) is 0 Å². The van der Waals surface area contributed by atoms with E-state index < -0.39 is 5.97 Å². The zero-order valence-corrected chi connectivity index (χ0v) is 10.4. The molecule has 0 atom stereocenters. The van der Waals surface area contributed by atoms with Crippen molar-refractivity contribution in [3.05, 3.63) is 23.9 Å². The first kappa shape index (κ1) is 12.9. The van der Waals surface area contributed by atoms with Gasteiger partial charge in [0.15, 0.2) is 5.16 Å². The number of carboxylic acid groups (broad SMARTS) is 1. The fraction of sp³-hybridized carbons (Fsp3) is 0. The average molecular weight is 278 g/mol. The second-order valence-corrected chi connectivity index (χ2v) is 4.48. The number of aromatic nitrogens is 3. The molecule has 0 spiro atoms. The van der Waals surface area contributed by atoms with E-state index in [0.717, 1.165) is 11.8 Å². The standard InChI is InChI=1S/C10H10N6O2S/c11-5-1-4(9(17)18)3-14-8(5)19-10-15-6(12)2-7(13)16-10/h1-3H,11H2,(H,17,18)(H4,12,13,15,16). The van der Waals surface area contributed by atoms with Crippen LogP contribution in [0.15, 0.2) is 28.5 Å². The highest BCUT2D eigenvalue weighted by atomic mass is 32.2. The fourth-order valence-electron chi connectivity index (χ4n) is 1.27. The zero-order valence-electron chi connectivity index (χ0n) is 9.57. The van der Waals surface area contributed by atoms with Gasteiger partial charge < -0.3 is 22.3 Å². The van der Waals surface area contributed by atoms with E-state index in [9.17, 15) is 4.79 Å². The van der Waals surface area contributed by atoms with Gasteiger partial charge in [0.1, 0.15) is 16.7 Å². The summed E-state index contributed by atoms with van der Waals surface area (Å²) in [4.78, 5) is 22.6. The number of anilines is 3. The Morgan fingerprint density at radius 3 is 2.32 bits per heavy atom. The highest BCUT2D eigenvalue weighted by Gasteiger charge is 2.11. The van der Waals surface area contributed by atoms with Crippen molar-refractivity contribution in [1.29, 1.82) is 0 Å². The van der Waals surface area contributed by atoms with Gasteiger partial charge in [-0.15, -0.1) is 0 Å². The van der Waals surface area contributed by atoms with E-state index in [-0.39, 0.29) is 22.9 Å². The molecule has 0 saturated heterocycles. The first-order valence-corrected chi connectivity index (χ1v) is 5.84. The largest absolute Gasteiger partial charge is 0.478 e. The lowest BCUT2D eigenvalue weighted by atomic mass is 10.3. The lowest BCUT2D eigenvalue weighted by Crippen LogP contribution is -2.02. The molecule has 0 aliphatic heterocycles. The topological polar surface area (TPSA) is 154 Å². The summed E-state index contributed by atoms with van der Waals surface area (Å²) >= 11 is 1.05. The molecule has 19 heavy (non-hydrogen) atoms. The second kappa shape index (κ2) is 4.98. The van der Waals surface area contributed by atoms with Crippen LogP contribution >= 0.6 is 11.8 Å². The van der Waals surface area contributed by atoms with Crippen molar-refractivity contribution in [2.45, 2.75) is 10.2 Å². The minimum absolute atomic E-state index is 0.00913. The molecule has 0 amide bonds. The van der Waals surface area contributed by atoms with Crippen molar-refractivity contribution in [2.75, 3.05) is 17.2 Å². The molecule has 0 saturated carbocycles. The summed E-state index contributed by atoms with van der Waals surface area (Å²) in [6.07, 6.45) is 1.21. The number of nitrogens with zero attached hydrogens (tertiary/aromatic N) is 3. The van der Waals surface area contributed by atoms with Crippen LogP contribution in [0, 0.1) is 0 Å². The third-order valence-corrected chi connectivity index (χ3v) is 2.96. The van der Waals surface area contributed by atoms with E-state index in [2.05, 4.69) is 15.0 Å². The zero-order chi connectivity index (χ0) is 14.0. The number of hydrogen-bond donors (Lipinski definition) is 4. The van der Waals surface area contributed by atoms with Gasteiger partial charge in [-0.2, -0.15) is 0 Å². The molecule has 0 bridgehead atoms. The van der Waals surface area contributed by atoms with Crippen LogP contribution < -0.4 is 17.2 Å². The molecule has 98 valence electrons. The Morgan fingerprint density at radius 2 is 1.79 bits per heavy atom. The van der Waals surface area contributed by atoms with Crippen LogP contribution in [0.25, 0.3) is 0 Å². The van der Waals surface area contributed by atoms with E-state index in [4.69, 9.17) is 22.3 Å². The van der Waals surface area contributed by atoms with E-state index in [1.807, 2.05) is 0 Å².